The molecule has 0 unspecified atom stereocenters. The van der Waals surface area contributed by atoms with E-state index in [9.17, 15) is 13.8 Å². The molecule has 0 saturated carbocycles. The van der Waals surface area contributed by atoms with Crippen molar-refractivity contribution in [3.8, 4) is 0 Å². The molecule has 2 rings (SSSR count). The summed E-state index contributed by atoms with van der Waals surface area (Å²) in [5, 5.41) is 2.70. The number of aromatic nitrogens is 2. The number of hydrogen-bond acceptors (Lipinski definition) is 4. The number of aryl methyl sites for hydroxylation is 2. The lowest BCUT2D eigenvalue weighted by atomic mass is 9.97. The van der Waals surface area contributed by atoms with Gasteiger partial charge in [0.1, 0.15) is 5.56 Å². The largest absolute Gasteiger partial charge is 0.302 e. The number of benzene rings is 1. The minimum absolute atomic E-state index is 0.0853. The molecule has 2 aromatic rings. The van der Waals surface area contributed by atoms with Crippen LogP contribution in [0.4, 0.5) is 5.69 Å². The first-order valence-electron chi connectivity index (χ1n) is 7.86. The average Bonchev–Trinajstić information content (AvgIpc) is 2.90. The van der Waals surface area contributed by atoms with Crippen molar-refractivity contribution in [2.45, 2.75) is 27.7 Å². The quantitative estimate of drug-likeness (QED) is 0.842. The molecule has 0 amide bonds. The molecule has 7 heteroatoms. The minimum Gasteiger partial charge on any atom is -0.302 e. The number of rotatable bonds is 5. The minimum atomic E-state index is -2.33. The molecule has 1 heterocycles. The SMILES string of the molecule is CCS(=O)(CC)=Nc1c(C)ccc(C(=O)c2c[nH]n(C)c2=O)c1C. The third-order valence-corrected chi connectivity index (χ3v) is 6.54. The van der Waals surface area contributed by atoms with E-state index >= 15 is 0 Å². The molecule has 1 aromatic heterocycles. The zero-order chi connectivity index (χ0) is 18.1. The number of aromatic amines is 1. The Morgan fingerprint density at radius 2 is 1.83 bits per heavy atom. The Kier molecular flexibility index (Phi) is 5.13. The lowest BCUT2D eigenvalue weighted by molar-refractivity contribution is 0.103. The van der Waals surface area contributed by atoms with E-state index in [4.69, 9.17) is 0 Å². The van der Waals surface area contributed by atoms with Gasteiger partial charge in [0.05, 0.1) is 15.4 Å². The van der Waals surface area contributed by atoms with Gasteiger partial charge in [0.15, 0.2) is 0 Å². The molecule has 0 spiro atoms. The molecule has 0 aliphatic heterocycles. The van der Waals surface area contributed by atoms with E-state index in [1.54, 1.807) is 26.1 Å². The maximum Gasteiger partial charge on any atom is 0.277 e. The van der Waals surface area contributed by atoms with Gasteiger partial charge in [-0.15, -0.1) is 0 Å². The number of H-pyrrole nitrogens is 1. The number of nitrogens with one attached hydrogen (secondary N) is 1. The second kappa shape index (κ2) is 6.76. The maximum absolute atomic E-state index is 12.7. The van der Waals surface area contributed by atoms with Crippen LogP contribution in [0, 0.1) is 13.8 Å². The predicted molar refractivity (Wildman–Crippen MR) is 96.7 cm³/mol. The molecule has 0 bridgehead atoms. The van der Waals surface area contributed by atoms with E-state index in [2.05, 4.69) is 9.46 Å². The Morgan fingerprint density at radius 1 is 1.21 bits per heavy atom. The predicted octanol–water partition coefficient (Wildman–Crippen LogP) is 2.70. The van der Waals surface area contributed by atoms with Crippen LogP contribution in [0.5, 0.6) is 0 Å². The first kappa shape index (κ1) is 18.2. The van der Waals surface area contributed by atoms with E-state index in [0.717, 1.165) is 5.56 Å². The zero-order valence-electron chi connectivity index (χ0n) is 14.7. The summed E-state index contributed by atoms with van der Waals surface area (Å²) in [5.41, 5.74) is 2.22. The highest BCUT2D eigenvalue weighted by Crippen LogP contribution is 2.29. The van der Waals surface area contributed by atoms with Crippen LogP contribution in [0.15, 0.2) is 27.5 Å². The summed E-state index contributed by atoms with van der Waals surface area (Å²) in [6.07, 6.45) is 1.40. The van der Waals surface area contributed by atoms with Gasteiger partial charge in [-0.05, 0) is 25.0 Å². The molecule has 6 nitrogen and oxygen atoms in total. The van der Waals surface area contributed by atoms with E-state index in [-0.39, 0.29) is 16.9 Å². The number of carbonyl (C=O) groups excluding carboxylic acids is 1. The second-order valence-corrected chi connectivity index (χ2v) is 8.61. The van der Waals surface area contributed by atoms with Gasteiger partial charge in [-0.25, -0.2) is 4.21 Å². The number of hydrogen-bond donors (Lipinski definition) is 1. The zero-order valence-corrected chi connectivity index (χ0v) is 15.5. The van der Waals surface area contributed by atoms with E-state index in [1.807, 2.05) is 20.8 Å². The van der Waals surface area contributed by atoms with E-state index in [0.29, 0.717) is 28.3 Å². The Labute approximate surface area is 142 Å². The Morgan fingerprint density at radius 3 is 2.33 bits per heavy atom. The van der Waals surface area contributed by atoms with Crippen LogP contribution >= 0.6 is 0 Å². The summed E-state index contributed by atoms with van der Waals surface area (Å²) in [7, 11) is -0.777. The molecule has 130 valence electrons. The standard InChI is InChI=1S/C17H23N3O3S/c1-6-24(23,7-2)19-15-11(3)8-9-13(12(15)4)16(21)14-10-18-20(5)17(14)22/h8-10,18H,6-7H2,1-5H3. The Balaban J connectivity index is 2.66. The summed E-state index contributed by atoms with van der Waals surface area (Å²) >= 11 is 0. The van der Waals surface area contributed by atoms with Crippen molar-refractivity contribution in [2.75, 3.05) is 11.5 Å². The van der Waals surface area contributed by atoms with Gasteiger partial charge < -0.3 is 5.10 Å². The van der Waals surface area contributed by atoms with Gasteiger partial charge in [0.2, 0.25) is 5.78 Å². The molecule has 1 aromatic carbocycles. The Hall–Kier alpha value is -2.15. The van der Waals surface area contributed by atoms with Crippen LogP contribution in [0.1, 0.15) is 40.9 Å². The van der Waals surface area contributed by atoms with Gasteiger partial charge in [-0.3, -0.25) is 14.3 Å². The molecule has 24 heavy (non-hydrogen) atoms. The van der Waals surface area contributed by atoms with E-state index in [1.165, 1.54) is 10.9 Å². The van der Waals surface area contributed by atoms with Crippen molar-refractivity contribution in [3.63, 3.8) is 0 Å². The topological polar surface area (TPSA) is 84.3 Å². The van der Waals surface area contributed by atoms with Crippen LogP contribution in [0.3, 0.4) is 0 Å². The number of ketones is 1. The van der Waals surface area contributed by atoms with Gasteiger partial charge in [0.25, 0.3) is 5.56 Å². The fourth-order valence-electron chi connectivity index (χ4n) is 2.49. The van der Waals surface area contributed by atoms with Crippen LogP contribution in [0.25, 0.3) is 0 Å². The fourth-order valence-corrected chi connectivity index (χ4v) is 3.77. The Bertz CT molecular complexity index is 950. The maximum atomic E-state index is 12.7. The third kappa shape index (κ3) is 3.21. The first-order chi connectivity index (χ1) is 11.2. The highest BCUT2D eigenvalue weighted by Gasteiger charge is 2.20. The summed E-state index contributed by atoms with van der Waals surface area (Å²) in [6, 6.07) is 3.47. The van der Waals surface area contributed by atoms with Crippen molar-refractivity contribution >= 4 is 21.2 Å². The van der Waals surface area contributed by atoms with Crippen molar-refractivity contribution in [1.29, 1.82) is 0 Å². The van der Waals surface area contributed by atoms with Gasteiger partial charge in [-0.1, -0.05) is 26.0 Å². The third-order valence-electron chi connectivity index (χ3n) is 4.22. The summed E-state index contributed by atoms with van der Waals surface area (Å²) < 4.78 is 18.4. The monoisotopic (exact) mass is 349 g/mol. The number of nitrogens with zero attached hydrogens (tertiary/aromatic N) is 2. The first-order valence-corrected chi connectivity index (χ1v) is 9.71. The lowest BCUT2D eigenvalue weighted by Crippen LogP contribution is -2.19. The van der Waals surface area contributed by atoms with E-state index < -0.39 is 9.73 Å². The molecule has 0 aliphatic carbocycles. The summed E-state index contributed by atoms with van der Waals surface area (Å²) in [5.74, 6) is 0.558. The average molecular weight is 349 g/mol. The van der Waals surface area contributed by atoms with Crippen molar-refractivity contribution in [1.82, 2.24) is 9.78 Å². The molecule has 0 fully saturated rings. The van der Waals surface area contributed by atoms with Gasteiger partial charge in [0, 0.05) is 30.3 Å². The smallest absolute Gasteiger partial charge is 0.277 e. The van der Waals surface area contributed by atoms with Crippen molar-refractivity contribution < 1.29 is 9.00 Å². The number of carbonyl (C=O) groups is 1. The highest BCUT2D eigenvalue weighted by atomic mass is 32.2. The fraction of sp³-hybridized carbons (Fsp3) is 0.412. The van der Waals surface area contributed by atoms with Crippen LogP contribution in [0.2, 0.25) is 0 Å². The van der Waals surface area contributed by atoms with Crippen LogP contribution in [-0.4, -0.2) is 31.3 Å². The molecule has 1 N–H and O–H groups in total. The molecular formula is C17H23N3O3S. The highest BCUT2D eigenvalue weighted by molar-refractivity contribution is 7.93. The molecule has 0 aliphatic rings. The van der Waals surface area contributed by atoms with Gasteiger partial charge >= 0.3 is 0 Å². The molecule has 0 saturated heterocycles. The van der Waals surface area contributed by atoms with Crippen molar-refractivity contribution in [3.05, 3.63) is 50.9 Å². The summed E-state index contributed by atoms with van der Waals surface area (Å²) in [4.78, 5) is 24.7. The van der Waals surface area contributed by atoms with Crippen LogP contribution < -0.4 is 5.56 Å². The molecule has 0 atom stereocenters. The molecule has 0 radical (unpaired) electrons. The molecular weight excluding hydrogens is 326 g/mol. The second-order valence-electron chi connectivity index (χ2n) is 5.73. The summed E-state index contributed by atoms with van der Waals surface area (Å²) in [6.45, 7) is 7.35. The lowest BCUT2D eigenvalue weighted by Gasteiger charge is -2.12. The van der Waals surface area contributed by atoms with Crippen molar-refractivity contribution in [2.24, 2.45) is 11.4 Å². The normalized spacial score (nSPS) is 11.5. The van der Waals surface area contributed by atoms with Crippen LogP contribution in [-0.2, 0) is 16.8 Å². The van der Waals surface area contributed by atoms with Gasteiger partial charge in [-0.2, -0.15) is 4.36 Å².